The Kier molecular flexibility index (Phi) is 4.94. The van der Waals surface area contributed by atoms with E-state index in [1.165, 1.54) is 5.56 Å². The number of ether oxygens (including phenoxy) is 1. The van der Waals surface area contributed by atoms with Crippen LogP contribution in [0.15, 0.2) is 30.3 Å². The quantitative estimate of drug-likeness (QED) is 0.712. The monoisotopic (exact) mass is 196 g/mol. The van der Waals surface area contributed by atoms with Crippen LogP contribution in [0.5, 0.6) is 0 Å². The molecule has 0 saturated heterocycles. The normalized spacial score (nSPS) is 12.8. The van der Waals surface area contributed by atoms with Crippen molar-refractivity contribution in [2.45, 2.75) is 13.5 Å². The van der Waals surface area contributed by atoms with Gasteiger partial charge in [0, 0.05) is 0 Å². The molecule has 1 rings (SSSR count). The Balaban J connectivity index is 2.20. The molecular weight excluding hydrogens is 180 g/mol. The zero-order valence-electron chi connectivity index (χ0n) is 7.94. The molecule has 0 aromatic heterocycles. The first-order chi connectivity index (χ1) is 6.33. The summed E-state index contributed by atoms with van der Waals surface area (Å²) >= 11 is 4.20. The van der Waals surface area contributed by atoms with Gasteiger partial charge in [0.2, 0.25) is 0 Å². The molecule has 0 radical (unpaired) electrons. The topological polar surface area (TPSA) is 9.23 Å². The van der Waals surface area contributed by atoms with Gasteiger partial charge in [-0.1, -0.05) is 37.3 Å². The summed E-state index contributed by atoms with van der Waals surface area (Å²) in [6.45, 7) is 3.63. The van der Waals surface area contributed by atoms with Gasteiger partial charge in [0.1, 0.15) is 0 Å². The summed E-state index contributed by atoms with van der Waals surface area (Å²) in [4.78, 5) is 0. The fourth-order valence-electron chi connectivity index (χ4n) is 1.00. The van der Waals surface area contributed by atoms with Crippen molar-refractivity contribution in [1.82, 2.24) is 0 Å². The van der Waals surface area contributed by atoms with E-state index >= 15 is 0 Å². The second-order valence-corrected chi connectivity index (χ2v) is 3.65. The molecule has 0 aliphatic carbocycles. The van der Waals surface area contributed by atoms with Gasteiger partial charge in [0.25, 0.3) is 0 Å². The lowest BCUT2D eigenvalue weighted by Gasteiger charge is -2.08. The molecule has 0 aliphatic rings. The maximum Gasteiger partial charge on any atom is 0.0717 e. The van der Waals surface area contributed by atoms with Crippen molar-refractivity contribution in [1.29, 1.82) is 0 Å². The Morgan fingerprint density at radius 1 is 1.31 bits per heavy atom. The second-order valence-electron chi connectivity index (χ2n) is 3.29. The lowest BCUT2D eigenvalue weighted by Crippen LogP contribution is -2.06. The van der Waals surface area contributed by atoms with Gasteiger partial charge >= 0.3 is 0 Å². The third-order valence-electron chi connectivity index (χ3n) is 1.83. The van der Waals surface area contributed by atoms with Crippen LogP contribution >= 0.6 is 12.6 Å². The molecule has 13 heavy (non-hydrogen) atoms. The van der Waals surface area contributed by atoms with E-state index in [1.54, 1.807) is 0 Å². The maximum atomic E-state index is 5.52. The summed E-state index contributed by atoms with van der Waals surface area (Å²) in [7, 11) is 0. The maximum absolute atomic E-state index is 5.52. The highest BCUT2D eigenvalue weighted by molar-refractivity contribution is 7.80. The molecule has 72 valence electrons. The van der Waals surface area contributed by atoms with E-state index in [9.17, 15) is 0 Å². The Morgan fingerprint density at radius 3 is 2.62 bits per heavy atom. The fraction of sp³-hybridized carbons (Fsp3) is 0.455. The van der Waals surface area contributed by atoms with E-state index in [2.05, 4.69) is 31.7 Å². The Morgan fingerprint density at radius 2 is 2.00 bits per heavy atom. The summed E-state index contributed by atoms with van der Waals surface area (Å²) in [5.74, 6) is 1.42. The molecule has 2 heteroatoms. The lowest BCUT2D eigenvalue weighted by molar-refractivity contribution is 0.0983. The zero-order chi connectivity index (χ0) is 9.52. The van der Waals surface area contributed by atoms with Crippen molar-refractivity contribution in [3.8, 4) is 0 Å². The van der Waals surface area contributed by atoms with Crippen LogP contribution in [0.3, 0.4) is 0 Å². The second kappa shape index (κ2) is 6.06. The lowest BCUT2D eigenvalue weighted by atomic mass is 10.2. The van der Waals surface area contributed by atoms with E-state index in [4.69, 9.17) is 4.74 Å². The highest BCUT2D eigenvalue weighted by Crippen LogP contribution is 2.03. The molecule has 1 aromatic rings. The first kappa shape index (κ1) is 10.6. The van der Waals surface area contributed by atoms with Crippen molar-refractivity contribution in [2.24, 2.45) is 5.92 Å². The predicted molar refractivity (Wildman–Crippen MR) is 59.1 cm³/mol. The Bertz CT molecular complexity index is 223. The van der Waals surface area contributed by atoms with E-state index in [0.717, 1.165) is 12.4 Å². The Labute approximate surface area is 85.5 Å². The molecule has 0 fully saturated rings. The van der Waals surface area contributed by atoms with Crippen LogP contribution in [0, 0.1) is 5.92 Å². The van der Waals surface area contributed by atoms with Crippen molar-refractivity contribution in [2.75, 3.05) is 12.4 Å². The molecule has 1 unspecified atom stereocenters. The molecule has 1 atom stereocenters. The summed E-state index contributed by atoms with van der Waals surface area (Å²) in [6, 6.07) is 10.2. The molecule has 0 saturated carbocycles. The molecule has 0 amide bonds. The smallest absolute Gasteiger partial charge is 0.0717 e. The van der Waals surface area contributed by atoms with Crippen LogP contribution in [-0.4, -0.2) is 12.4 Å². The van der Waals surface area contributed by atoms with E-state index in [1.807, 2.05) is 18.2 Å². The number of hydrogen-bond acceptors (Lipinski definition) is 2. The van der Waals surface area contributed by atoms with Gasteiger partial charge in [-0.25, -0.2) is 0 Å². The highest BCUT2D eigenvalue weighted by Gasteiger charge is 1.98. The van der Waals surface area contributed by atoms with Crippen molar-refractivity contribution < 1.29 is 4.74 Å². The van der Waals surface area contributed by atoms with Crippen molar-refractivity contribution in [3.63, 3.8) is 0 Å². The van der Waals surface area contributed by atoms with Crippen LogP contribution in [0.25, 0.3) is 0 Å². The minimum absolute atomic E-state index is 0.534. The summed E-state index contributed by atoms with van der Waals surface area (Å²) in [6.07, 6.45) is 0. The van der Waals surface area contributed by atoms with E-state index in [0.29, 0.717) is 12.5 Å². The summed E-state index contributed by atoms with van der Waals surface area (Å²) in [5, 5.41) is 0. The third kappa shape index (κ3) is 4.34. The molecule has 0 aliphatic heterocycles. The minimum atomic E-state index is 0.534. The van der Waals surface area contributed by atoms with Gasteiger partial charge in [-0.15, -0.1) is 0 Å². The first-order valence-electron chi connectivity index (χ1n) is 4.55. The van der Waals surface area contributed by atoms with Crippen LogP contribution in [0.2, 0.25) is 0 Å². The molecule has 0 bridgehead atoms. The molecule has 0 N–H and O–H groups in total. The average molecular weight is 196 g/mol. The molecule has 0 spiro atoms. The van der Waals surface area contributed by atoms with Crippen molar-refractivity contribution in [3.05, 3.63) is 35.9 Å². The van der Waals surface area contributed by atoms with Gasteiger partial charge in [0.05, 0.1) is 13.2 Å². The molecule has 1 aromatic carbocycles. The zero-order valence-corrected chi connectivity index (χ0v) is 8.84. The van der Waals surface area contributed by atoms with E-state index in [-0.39, 0.29) is 0 Å². The highest BCUT2D eigenvalue weighted by atomic mass is 32.1. The van der Waals surface area contributed by atoms with Gasteiger partial charge in [-0.05, 0) is 17.2 Å². The fourth-order valence-corrected chi connectivity index (χ4v) is 1.11. The average Bonchev–Trinajstić information content (AvgIpc) is 2.19. The third-order valence-corrected chi connectivity index (χ3v) is 2.45. The standard InChI is InChI=1S/C11H16OS/c1-10(9-13)7-12-8-11-5-3-2-4-6-11/h2-6,10,13H,7-9H2,1H3. The van der Waals surface area contributed by atoms with Crippen LogP contribution in [-0.2, 0) is 11.3 Å². The summed E-state index contributed by atoms with van der Waals surface area (Å²) in [5.41, 5.74) is 1.23. The molecule has 1 nitrogen and oxygen atoms in total. The number of rotatable bonds is 5. The van der Waals surface area contributed by atoms with Gasteiger partial charge in [-0.2, -0.15) is 12.6 Å². The van der Waals surface area contributed by atoms with E-state index < -0.39 is 0 Å². The van der Waals surface area contributed by atoms with Crippen LogP contribution in [0.4, 0.5) is 0 Å². The van der Waals surface area contributed by atoms with Gasteiger partial charge < -0.3 is 4.74 Å². The largest absolute Gasteiger partial charge is 0.376 e. The van der Waals surface area contributed by atoms with Gasteiger partial charge in [0.15, 0.2) is 0 Å². The number of thiol groups is 1. The SMILES string of the molecule is CC(CS)COCc1ccccc1. The minimum Gasteiger partial charge on any atom is -0.376 e. The number of benzene rings is 1. The van der Waals surface area contributed by atoms with Crippen molar-refractivity contribution >= 4 is 12.6 Å². The molecule has 0 heterocycles. The Hall–Kier alpha value is -0.470. The van der Waals surface area contributed by atoms with Crippen LogP contribution < -0.4 is 0 Å². The predicted octanol–water partition coefficient (Wildman–Crippen LogP) is 2.77. The van der Waals surface area contributed by atoms with Crippen LogP contribution in [0.1, 0.15) is 12.5 Å². The van der Waals surface area contributed by atoms with Gasteiger partial charge in [-0.3, -0.25) is 0 Å². The summed E-state index contributed by atoms with van der Waals surface area (Å²) < 4.78 is 5.52. The first-order valence-corrected chi connectivity index (χ1v) is 5.18. The molecular formula is C11H16OS. The number of hydrogen-bond donors (Lipinski definition) is 1.